The summed E-state index contributed by atoms with van der Waals surface area (Å²) in [5.41, 5.74) is 7.68. The van der Waals surface area contributed by atoms with E-state index in [0.717, 1.165) is 0 Å². The lowest BCUT2D eigenvalue weighted by molar-refractivity contribution is -0.0498. The Morgan fingerprint density at radius 2 is 1.83 bits per heavy atom. The van der Waals surface area contributed by atoms with E-state index in [0.29, 0.717) is 34.8 Å². The number of nitrogens with zero attached hydrogens (tertiary/aromatic N) is 4. The van der Waals surface area contributed by atoms with Gasteiger partial charge in [-0.1, -0.05) is 6.92 Å². The Morgan fingerprint density at radius 1 is 1.07 bits per heavy atom. The van der Waals surface area contributed by atoms with Crippen LogP contribution in [0.25, 0.3) is 17.0 Å². The van der Waals surface area contributed by atoms with Crippen LogP contribution in [0.2, 0.25) is 0 Å². The van der Waals surface area contributed by atoms with E-state index >= 15 is 0 Å². The number of ether oxygens (including phenoxy) is 1. The number of aryl methyl sites for hydroxylation is 1. The smallest absolute Gasteiger partial charge is 0.387 e. The van der Waals surface area contributed by atoms with Gasteiger partial charge in [0.2, 0.25) is 5.95 Å². The van der Waals surface area contributed by atoms with Gasteiger partial charge in [0.25, 0.3) is 0 Å². The quantitative estimate of drug-likeness (QED) is 0.485. The first-order valence-electron chi connectivity index (χ1n) is 9.06. The number of imidazole rings is 1. The summed E-state index contributed by atoms with van der Waals surface area (Å²) in [7, 11) is 0. The second kappa shape index (κ2) is 7.90. The third-order valence-corrected chi connectivity index (χ3v) is 4.29. The lowest BCUT2D eigenvalue weighted by Gasteiger charge is -2.11. The number of halogens is 3. The van der Waals surface area contributed by atoms with E-state index in [1.807, 2.05) is 6.92 Å². The van der Waals surface area contributed by atoms with Gasteiger partial charge in [-0.15, -0.1) is 0 Å². The molecule has 0 fully saturated rings. The predicted molar refractivity (Wildman–Crippen MR) is 107 cm³/mol. The van der Waals surface area contributed by atoms with E-state index in [1.54, 1.807) is 22.8 Å². The van der Waals surface area contributed by atoms with Crippen molar-refractivity contribution < 1.29 is 17.9 Å². The number of alkyl halides is 2. The monoisotopic (exact) mass is 414 g/mol. The zero-order chi connectivity index (χ0) is 21.3. The lowest BCUT2D eigenvalue weighted by Crippen LogP contribution is -2.09. The molecule has 0 saturated carbocycles. The van der Waals surface area contributed by atoms with Gasteiger partial charge in [-0.2, -0.15) is 18.7 Å². The van der Waals surface area contributed by atoms with Gasteiger partial charge in [-0.3, -0.25) is 4.57 Å². The molecular weight excluding hydrogens is 397 g/mol. The number of nitrogens with one attached hydrogen (secondary N) is 1. The summed E-state index contributed by atoms with van der Waals surface area (Å²) in [6.07, 6.45) is 0.572. The van der Waals surface area contributed by atoms with E-state index < -0.39 is 12.4 Å². The van der Waals surface area contributed by atoms with Gasteiger partial charge >= 0.3 is 6.61 Å². The Bertz CT molecular complexity index is 1190. The first-order chi connectivity index (χ1) is 14.4. The van der Waals surface area contributed by atoms with Crippen LogP contribution in [0.5, 0.6) is 5.75 Å². The maximum Gasteiger partial charge on any atom is 0.387 e. The summed E-state index contributed by atoms with van der Waals surface area (Å²) in [5, 5.41) is 3.04. The van der Waals surface area contributed by atoms with Gasteiger partial charge in [0, 0.05) is 24.2 Å². The lowest BCUT2D eigenvalue weighted by atomic mass is 10.3. The molecule has 0 unspecified atom stereocenters. The highest BCUT2D eigenvalue weighted by Gasteiger charge is 2.15. The molecule has 4 aromatic rings. The Balaban J connectivity index is 1.71. The van der Waals surface area contributed by atoms with Crippen molar-refractivity contribution in [2.75, 3.05) is 11.1 Å². The van der Waals surface area contributed by atoms with E-state index in [1.165, 1.54) is 30.3 Å². The fourth-order valence-corrected chi connectivity index (χ4v) is 3.04. The molecule has 4 rings (SSSR count). The molecule has 0 amide bonds. The van der Waals surface area contributed by atoms with Crippen molar-refractivity contribution in [1.82, 2.24) is 19.5 Å². The average molecular weight is 414 g/mol. The largest absolute Gasteiger partial charge is 0.435 e. The highest BCUT2D eigenvalue weighted by Crippen LogP contribution is 2.25. The van der Waals surface area contributed by atoms with E-state index in [2.05, 4.69) is 25.0 Å². The maximum atomic E-state index is 13.8. The standard InChI is InChI=1S/C20H17F3N6O/c1-2-18-26-14-8-3-11(21)9-15(14)29(18)20-27-16(24)10-17(28-20)25-12-4-6-13(7-5-12)30-19(22)23/h3-10,19H,2H2,1H3,(H3,24,25,27,28). The number of rotatable bonds is 6. The molecule has 2 aromatic carbocycles. The molecule has 0 bridgehead atoms. The maximum absolute atomic E-state index is 13.8. The Hall–Kier alpha value is -3.82. The number of aromatic nitrogens is 4. The number of hydrogen-bond donors (Lipinski definition) is 2. The van der Waals surface area contributed by atoms with Crippen molar-refractivity contribution in [3.05, 3.63) is 60.2 Å². The molecule has 3 N–H and O–H groups in total. The molecule has 0 spiro atoms. The Morgan fingerprint density at radius 3 is 2.53 bits per heavy atom. The number of hydrogen-bond acceptors (Lipinski definition) is 6. The number of anilines is 3. The van der Waals surface area contributed by atoms with E-state index in [-0.39, 0.29) is 17.5 Å². The zero-order valence-electron chi connectivity index (χ0n) is 15.8. The van der Waals surface area contributed by atoms with Crippen LogP contribution in [0.1, 0.15) is 12.7 Å². The fourth-order valence-electron chi connectivity index (χ4n) is 3.04. The molecule has 0 radical (unpaired) electrons. The zero-order valence-corrected chi connectivity index (χ0v) is 15.8. The van der Waals surface area contributed by atoms with Gasteiger partial charge < -0.3 is 15.8 Å². The Kier molecular flexibility index (Phi) is 5.13. The topological polar surface area (TPSA) is 90.9 Å². The van der Waals surface area contributed by atoms with Crippen molar-refractivity contribution in [2.24, 2.45) is 0 Å². The summed E-state index contributed by atoms with van der Waals surface area (Å²) in [5.74, 6) is 1.10. The van der Waals surface area contributed by atoms with Gasteiger partial charge in [0.05, 0.1) is 11.0 Å². The van der Waals surface area contributed by atoms with Crippen LogP contribution in [-0.4, -0.2) is 26.1 Å². The molecule has 30 heavy (non-hydrogen) atoms. The SMILES string of the molecule is CCc1nc2ccc(F)cc2n1-c1nc(N)cc(Nc2ccc(OC(F)F)cc2)n1. The van der Waals surface area contributed by atoms with Crippen LogP contribution >= 0.6 is 0 Å². The summed E-state index contributed by atoms with van der Waals surface area (Å²) in [4.78, 5) is 13.3. The highest BCUT2D eigenvalue weighted by atomic mass is 19.3. The molecule has 0 atom stereocenters. The first-order valence-corrected chi connectivity index (χ1v) is 9.06. The van der Waals surface area contributed by atoms with Crippen LogP contribution in [0.15, 0.2) is 48.5 Å². The van der Waals surface area contributed by atoms with Crippen molar-refractivity contribution in [3.8, 4) is 11.7 Å². The predicted octanol–water partition coefficient (Wildman–Crippen LogP) is 4.44. The van der Waals surface area contributed by atoms with Gasteiger partial charge in [-0.05, 0) is 36.4 Å². The van der Waals surface area contributed by atoms with Crippen molar-refractivity contribution in [2.45, 2.75) is 20.0 Å². The number of fused-ring (bicyclic) bond motifs is 1. The molecule has 10 heteroatoms. The fraction of sp³-hybridized carbons (Fsp3) is 0.150. The first kappa shape index (κ1) is 19.5. The molecule has 2 aromatic heterocycles. The minimum atomic E-state index is -2.89. The van der Waals surface area contributed by atoms with E-state index in [9.17, 15) is 13.2 Å². The van der Waals surface area contributed by atoms with Gasteiger partial charge in [-0.25, -0.2) is 9.37 Å². The normalized spacial score (nSPS) is 11.2. The third kappa shape index (κ3) is 3.97. The molecule has 7 nitrogen and oxygen atoms in total. The number of nitrogens with two attached hydrogens (primary N) is 1. The Labute approximate surface area is 169 Å². The van der Waals surface area contributed by atoms with Crippen LogP contribution in [-0.2, 0) is 6.42 Å². The summed E-state index contributed by atoms with van der Waals surface area (Å²) in [6.45, 7) is -0.974. The van der Waals surface area contributed by atoms with Crippen LogP contribution in [0, 0.1) is 5.82 Å². The number of benzene rings is 2. The minimum absolute atomic E-state index is 0.0398. The van der Waals surface area contributed by atoms with Crippen LogP contribution in [0.3, 0.4) is 0 Å². The molecular formula is C20H17F3N6O. The summed E-state index contributed by atoms with van der Waals surface area (Å²) >= 11 is 0. The summed E-state index contributed by atoms with van der Waals surface area (Å²) < 4.78 is 44.4. The second-order valence-electron chi connectivity index (χ2n) is 6.36. The molecule has 0 aliphatic heterocycles. The van der Waals surface area contributed by atoms with Gasteiger partial charge in [0.15, 0.2) is 0 Å². The summed E-state index contributed by atoms with van der Waals surface area (Å²) in [6, 6.07) is 11.8. The van der Waals surface area contributed by atoms with Crippen LogP contribution < -0.4 is 15.8 Å². The van der Waals surface area contributed by atoms with Crippen molar-refractivity contribution in [1.29, 1.82) is 0 Å². The second-order valence-corrected chi connectivity index (χ2v) is 6.36. The van der Waals surface area contributed by atoms with Gasteiger partial charge in [0.1, 0.15) is 29.0 Å². The molecule has 154 valence electrons. The van der Waals surface area contributed by atoms with E-state index in [4.69, 9.17) is 5.73 Å². The molecule has 0 aliphatic rings. The van der Waals surface area contributed by atoms with Crippen LogP contribution in [0.4, 0.5) is 30.5 Å². The molecule has 0 saturated heterocycles. The van der Waals surface area contributed by atoms with Crippen molar-refractivity contribution in [3.63, 3.8) is 0 Å². The minimum Gasteiger partial charge on any atom is -0.435 e. The highest BCUT2D eigenvalue weighted by molar-refractivity contribution is 5.78. The average Bonchev–Trinajstić information content (AvgIpc) is 3.06. The van der Waals surface area contributed by atoms with Crippen molar-refractivity contribution >= 4 is 28.4 Å². The molecule has 0 aliphatic carbocycles. The number of nitrogen functional groups attached to an aromatic ring is 1. The third-order valence-electron chi connectivity index (χ3n) is 4.29. The molecule has 2 heterocycles.